The van der Waals surface area contributed by atoms with Crippen LogP contribution in [-0.4, -0.2) is 197 Å². The Kier molecular flexibility index (Phi) is 14.2. The number of hydrogen-bond donors (Lipinski definition) is 1. The second-order valence-electron chi connectivity index (χ2n) is 14.7. The number of thioether (sulfide) groups is 1. The standard InChI is InChI=1S/C9H17NO3.C9H16O4.C9H16O3S.C8H14O4/c1-6-7-8(12-3)9(13-6,4-10-7)5-11-2;1-6-7-8(11-3)9(13-6,4-10-2)5-12-7;1-6-7-8(11-3)9(12-6,4-10-2)5-13-7;1-5-6-7(9-2)8(10-3,12-5)4-11-6/h6-8,10H,4-5H2,1-3H3;2*6-8H,4-5H2,1-3H3;5-7H,4H2,1-3H3/t6-,7+,8-,9+;2*6-,7+,8-,9-;5-,6-,7?,8+/m0000/s1. The van der Waals surface area contributed by atoms with E-state index < -0.39 is 5.79 Å². The van der Waals surface area contributed by atoms with E-state index in [1.54, 1.807) is 56.9 Å². The molecule has 0 amide bonds. The molecule has 1 N–H and O–H groups in total. The molecule has 0 radical (unpaired) electrons. The van der Waals surface area contributed by atoms with Gasteiger partial charge in [0.2, 0.25) is 5.79 Å². The lowest BCUT2D eigenvalue weighted by Crippen LogP contribution is -2.47. The minimum Gasteiger partial charge on any atom is -0.382 e. The number of methoxy groups -OCH3 is 8. The van der Waals surface area contributed by atoms with Gasteiger partial charge in [-0.1, -0.05) is 0 Å². The highest BCUT2D eigenvalue weighted by Gasteiger charge is 2.63. The van der Waals surface area contributed by atoms with E-state index in [2.05, 4.69) is 19.2 Å². The molecule has 1 unspecified atom stereocenters. The van der Waals surface area contributed by atoms with Gasteiger partial charge in [0.1, 0.15) is 60.0 Å². The van der Waals surface area contributed by atoms with Crippen LogP contribution in [0.15, 0.2) is 0 Å². The first-order valence-electron chi connectivity index (χ1n) is 17.9. The van der Waals surface area contributed by atoms with Crippen LogP contribution in [0.1, 0.15) is 27.7 Å². The van der Waals surface area contributed by atoms with Crippen molar-refractivity contribution in [2.75, 3.05) is 102 Å². The molecular formula is C35H63NO14S. The monoisotopic (exact) mass is 753 g/mol. The minimum absolute atomic E-state index is 0.0162. The molecule has 15 nitrogen and oxygen atoms in total. The molecule has 298 valence electrons. The molecule has 16 heteroatoms. The highest BCUT2D eigenvalue weighted by molar-refractivity contribution is 8.00. The van der Waals surface area contributed by atoms with Crippen molar-refractivity contribution in [3.63, 3.8) is 0 Å². The first-order valence-corrected chi connectivity index (χ1v) is 18.9. The first kappa shape index (κ1) is 41.9. The zero-order valence-corrected chi connectivity index (χ0v) is 33.3. The van der Waals surface area contributed by atoms with E-state index >= 15 is 0 Å². The average molecular weight is 754 g/mol. The Morgan fingerprint density at radius 3 is 1.61 bits per heavy atom. The lowest BCUT2D eigenvalue weighted by atomic mass is 9.99. The van der Waals surface area contributed by atoms with E-state index in [0.29, 0.717) is 50.4 Å². The van der Waals surface area contributed by atoms with Crippen LogP contribution < -0.4 is 5.32 Å². The zero-order valence-electron chi connectivity index (χ0n) is 32.5. The second-order valence-corrected chi connectivity index (χ2v) is 15.8. The SMILES string of the molecule is COC1[C@H]2OC[C@@]1(OC)O[C@H]2C.COC[C@@]12CN[C@H]([C@H](C)O1)[C@@H]2OC.COC[C@@]12CO[C@H]([C@H](C)O1)[C@@H]2OC.COC[C@@]12CS[C@H]([C@H](C)O1)[C@@H]2OC. The lowest BCUT2D eigenvalue weighted by molar-refractivity contribution is -0.264. The van der Waals surface area contributed by atoms with E-state index in [-0.39, 0.29) is 71.7 Å². The van der Waals surface area contributed by atoms with Crippen molar-refractivity contribution in [1.82, 2.24) is 5.32 Å². The molecule has 51 heavy (non-hydrogen) atoms. The summed E-state index contributed by atoms with van der Waals surface area (Å²) >= 11 is 1.94. The Morgan fingerprint density at radius 1 is 0.569 bits per heavy atom. The molecule has 0 aliphatic carbocycles. The topological polar surface area (TPSA) is 141 Å². The van der Waals surface area contributed by atoms with Crippen molar-refractivity contribution < 1.29 is 66.3 Å². The summed E-state index contributed by atoms with van der Waals surface area (Å²) in [4.78, 5) is 0. The van der Waals surface area contributed by atoms with Crippen LogP contribution in [0.5, 0.6) is 0 Å². The van der Waals surface area contributed by atoms with Crippen molar-refractivity contribution in [3.05, 3.63) is 0 Å². The zero-order chi connectivity index (χ0) is 37.2. The Morgan fingerprint density at radius 2 is 1.10 bits per heavy atom. The van der Waals surface area contributed by atoms with Crippen molar-refractivity contribution >= 4 is 11.8 Å². The quantitative estimate of drug-likeness (QED) is 0.321. The summed E-state index contributed by atoms with van der Waals surface area (Å²) < 4.78 is 76.8. The highest BCUT2D eigenvalue weighted by Crippen LogP contribution is 2.49. The van der Waals surface area contributed by atoms with Crippen molar-refractivity contribution in [1.29, 1.82) is 0 Å². The number of ether oxygens (including phenoxy) is 14. The smallest absolute Gasteiger partial charge is 0.221 e. The van der Waals surface area contributed by atoms with Gasteiger partial charge in [0, 0.05) is 69.2 Å². The lowest BCUT2D eigenvalue weighted by Gasteiger charge is -2.30. The Labute approximate surface area is 307 Å². The largest absolute Gasteiger partial charge is 0.382 e. The first-order chi connectivity index (χ1) is 24.4. The Hall–Kier alpha value is -0.250. The molecule has 0 aromatic rings. The minimum atomic E-state index is -0.654. The number of rotatable bonds is 11. The van der Waals surface area contributed by atoms with Crippen molar-refractivity contribution in [2.45, 2.75) is 123 Å². The van der Waals surface area contributed by atoms with E-state index in [9.17, 15) is 0 Å². The number of nitrogens with one attached hydrogen (secondary N) is 1. The van der Waals surface area contributed by atoms with E-state index in [1.165, 1.54) is 0 Å². The molecule has 8 bridgehead atoms. The molecule has 8 heterocycles. The number of morpholine rings is 1. The summed E-state index contributed by atoms with van der Waals surface area (Å²) in [5, 5.41) is 3.89. The number of hydrogen-bond acceptors (Lipinski definition) is 16. The van der Waals surface area contributed by atoms with Crippen LogP contribution in [0, 0.1) is 0 Å². The molecular weight excluding hydrogens is 690 g/mol. The molecule has 8 saturated heterocycles. The summed E-state index contributed by atoms with van der Waals surface area (Å²) in [7, 11) is 13.5. The molecule has 0 spiro atoms. The van der Waals surface area contributed by atoms with Crippen molar-refractivity contribution in [2.24, 2.45) is 0 Å². The molecule has 0 saturated carbocycles. The van der Waals surface area contributed by atoms with Crippen LogP contribution in [0.4, 0.5) is 0 Å². The molecule has 0 aromatic heterocycles. The van der Waals surface area contributed by atoms with E-state index in [1.807, 2.05) is 25.6 Å². The third-order valence-corrected chi connectivity index (χ3v) is 13.1. The predicted octanol–water partition coefficient (Wildman–Crippen LogP) is 1.06. The Balaban J connectivity index is 0.000000132. The summed E-state index contributed by atoms with van der Waals surface area (Å²) in [5.74, 6) is 0.340. The normalized spacial score (nSPS) is 49.4. The van der Waals surface area contributed by atoms with Gasteiger partial charge in [0.15, 0.2) is 0 Å². The summed E-state index contributed by atoms with van der Waals surface area (Å²) in [6, 6.07) is 0.320. The molecule has 0 aromatic carbocycles. The van der Waals surface area contributed by atoms with Gasteiger partial charge in [-0.3, -0.25) is 0 Å². The van der Waals surface area contributed by atoms with Gasteiger partial charge < -0.3 is 71.6 Å². The van der Waals surface area contributed by atoms with Gasteiger partial charge in [-0.05, 0) is 27.7 Å². The van der Waals surface area contributed by atoms with Gasteiger partial charge >= 0.3 is 0 Å². The average Bonchev–Trinajstić information content (AvgIpc) is 3.97. The molecule has 8 aliphatic rings. The number of fused-ring (bicyclic) bond motifs is 8. The second kappa shape index (κ2) is 17.3. The van der Waals surface area contributed by atoms with Crippen LogP contribution in [0.3, 0.4) is 0 Å². The van der Waals surface area contributed by atoms with Gasteiger partial charge in [0.25, 0.3) is 0 Å². The third-order valence-electron chi connectivity index (χ3n) is 11.4. The van der Waals surface area contributed by atoms with Gasteiger partial charge in [-0.25, -0.2) is 0 Å². The van der Waals surface area contributed by atoms with Crippen LogP contribution >= 0.6 is 11.8 Å². The van der Waals surface area contributed by atoms with Crippen LogP contribution in [-0.2, 0) is 66.3 Å². The Bertz CT molecular complexity index is 1010. The molecule has 8 rings (SSSR count). The van der Waals surface area contributed by atoms with E-state index in [0.717, 1.165) is 12.3 Å². The van der Waals surface area contributed by atoms with E-state index in [4.69, 9.17) is 66.3 Å². The van der Waals surface area contributed by atoms with Crippen LogP contribution in [0.2, 0.25) is 0 Å². The fourth-order valence-corrected chi connectivity index (χ4v) is 11.0. The third kappa shape index (κ3) is 7.53. The summed E-state index contributed by atoms with van der Waals surface area (Å²) in [6.45, 7) is 11.8. The van der Waals surface area contributed by atoms with Gasteiger partial charge in [0.05, 0.1) is 62.1 Å². The summed E-state index contributed by atoms with van der Waals surface area (Å²) in [5.41, 5.74) is -0.806. The predicted molar refractivity (Wildman–Crippen MR) is 186 cm³/mol. The maximum Gasteiger partial charge on any atom is 0.221 e. The molecule has 16 atom stereocenters. The maximum absolute atomic E-state index is 5.92. The molecule has 8 aliphatic heterocycles. The fraction of sp³-hybridized carbons (Fsp3) is 1.00. The maximum atomic E-state index is 5.92. The summed E-state index contributed by atoms with van der Waals surface area (Å²) in [6.07, 6.45) is 1.02. The van der Waals surface area contributed by atoms with Crippen molar-refractivity contribution in [3.8, 4) is 0 Å². The van der Waals surface area contributed by atoms with Crippen LogP contribution in [0.25, 0.3) is 0 Å². The molecule has 8 fully saturated rings. The van der Waals surface area contributed by atoms with Gasteiger partial charge in [-0.15, -0.1) is 11.8 Å². The highest BCUT2D eigenvalue weighted by atomic mass is 32.2. The fourth-order valence-electron chi connectivity index (χ4n) is 9.35. The van der Waals surface area contributed by atoms with Gasteiger partial charge in [-0.2, -0.15) is 0 Å².